The van der Waals surface area contributed by atoms with Crippen molar-refractivity contribution in [1.82, 2.24) is 5.32 Å². The molecule has 2 N–H and O–H groups in total. The molecule has 23 heavy (non-hydrogen) atoms. The van der Waals surface area contributed by atoms with E-state index in [9.17, 15) is 9.59 Å². The maximum atomic E-state index is 12.2. The van der Waals surface area contributed by atoms with Crippen molar-refractivity contribution in [1.29, 1.82) is 0 Å². The Labute approximate surface area is 148 Å². The van der Waals surface area contributed by atoms with Gasteiger partial charge < -0.3 is 10.6 Å². The normalized spacial score (nSPS) is 11.6. The van der Waals surface area contributed by atoms with Crippen LogP contribution in [0.2, 0.25) is 0 Å². The Kier molecular flexibility index (Phi) is 6.24. The molecular weight excluding hydrogens is 376 g/mol. The van der Waals surface area contributed by atoms with Crippen LogP contribution in [0.3, 0.4) is 0 Å². The third kappa shape index (κ3) is 5.11. The van der Waals surface area contributed by atoms with Crippen molar-refractivity contribution >= 4 is 45.2 Å². The van der Waals surface area contributed by atoms with Crippen LogP contribution in [0.15, 0.2) is 57.9 Å². The summed E-state index contributed by atoms with van der Waals surface area (Å²) in [7, 11) is 1.58. The van der Waals surface area contributed by atoms with Gasteiger partial charge in [0.2, 0.25) is 5.91 Å². The zero-order valence-electron chi connectivity index (χ0n) is 12.8. The molecule has 0 saturated carbocycles. The highest BCUT2D eigenvalue weighted by atomic mass is 79.9. The first-order chi connectivity index (χ1) is 11.0. The van der Waals surface area contributed by atoms with E-state index in [1.807, 2.05) is 31.2 Å². The third-order valence-corrected chi connectivity index (χ3v) is 4.78. The number of benzene rings is 2. The highest BCUT2D eigenvalue weighted by molar-refractivity contribution is 9.10. The van der Waals surface area contributed by atoms with Crippen LogP contribution in [-0.2, 0) is 4.79 Å². The summed E-state index contributed by atoms with van der Waals surface area (Å²) in [6, 6.07) is 14.6. The number of carbonyl (C=O) groups excluding carboxylic acids is 2. The molecular formula is C17H17BrN2O2S. The molecule has 2 aromatic carbocycles. The zero-order chi connectivity index (χ0) is 16.8. The van der Waals surface area contributed by atoms with Crippen LogP contribution in [0.25, 0.3) is 0 Å². The molecule has 0 radical (unpaired) electrons. The third-order valence-electron chi connectivity index (χ3n) is 3.14. The number of nitrogens with one attached hydrogen (secondary N) is 2. The lowest BCUT2D eigenvalue weighted by Gasteiger charge is -2.12. The van der Waals surface area contributed by atoms with Gasteiger partial charge in [-0.25, -0.2) is 0 Å². The van der Waals surface area contributed by atoms with Crippen molar-refractivity contribution in [2.45, 2.75) is 17.1 Å². The zero-order valence-corrected chi connectivity index (χ0v) is 15.2. The fraction of sp³-hybridized carbons (Fsp3) is 0.176. The Balaban J connectivity index is 1.95. The summed E-state index contributed by atoms with van der Waals surface area (Å²) < 4.78 is 1.01. The van der Waals surface area contributed by atoms with Crippen molar-refractivity contribution in [3.05, 3.63) is 58.6 Å². The standard InChI is InChI=1S/C17H17BrN2O2S/c1-11(23-15-9-5-13(18)6-10-15)16(21)20-14-7-3-12(4-8-14)17(22)19-2/h3-11H,1-2H3,(H,19,22)(H,20,21). The van der Waals surface area contributed by atoms with Gasteiger partial charge in [-0.3, -0.25) is 9.59 Å². The molecule has 120 valence electrons. The minimum atomic E-state index is -0.227. The van der Waals surface area contributed by atoms with Gasteiger partial charge in [0, 0.05) is 27.7 Å². The van der Waals surface area contributed by atoms with Crippen LogP contribution in [0.1, 0.15) is 17.3 Å². The van der Waals surface area contributed by atoms with Crippen molar-refractivity contribution in [2.75, 3.05) is 12.4 Å². The van der Waals surface area contributed by atoms with E-state index in [1.54, 1.807) is 31.3 Å². The predicted molar refractivity (Wildman–Crippen MR) is 97.9 cm³/mol. The quantitative estimate of drug-likeness (QED) is 0.757. The fourth-order valence-corrected chi connectivity index (χ4v) is 3.00. The molecule has 1 atom stereocenters. The lowest BCUT2D eigenvalue weighted by molar-refractivity contribution is -0.115. The molecule has 0 saturated heterocycles. The Hall–Kier alpha value is -1.79. The van der Waals surface area contributed by atoms with Crippen LogP contribution in [0.5, 0.6) is 0 Å². The average molecular weight is 393 g/mol. The summed E-state index contributed by atoms with van der Waals surface area (Å²) in [4.78, 5) is 24.7. The van der Waals surface area contributed by atoms with E-state index < -0.39 is 0 Å². The van der Waals surface area contributed by atoms with Crippen LogP contribution in [0, 0.1) is 0 Å². The lowest BCUT2D eigenvalue weighted by atomic mass is 10.2. The molecule has 0 aliphatic carbocycles. The van der Waals surface area contributed by atoms with Gasteiger partial charge >= 0.3 is 0 Å². The molecule has 1 unspecified atom stereocenters. The maximum absolute atomic E-state index is 12.2. The second-order valence-electron chi connectivity index (χ2n) is 4.86. The molecule has 4 nitrogen and oxygen atoms in total. The van der Waals surface area contributed by atoms with E-state index in [1.165, 1.54) is 11.8 Å². The van der Waals surface area contributed by atoms with E-state index >= 15 is 0 Å². The highest BCUT2D eigenvalue weighted by Crippen LogP contribution is 2.25. The van der Waals surface area contributed by atoms with Crippen LogP contribution in [0.4, 0.5) is 5.69 Å². The topological polar surface area (TPSA) is 58.2 Å². The Morgan fingerprint density at radius 2 is 1.65 bits per heavy atom. The average Bonchev–Trinajstić information content (AvgIpc) is 2.56. The number of carbonyl (C=O) groups is 2. The second-order valence-corrected chi connectivity index (χ2v) is 7.19. The van der Waals surface area contributed by atoms with E-state index in [2.05, 4.69) is 26.6 Å². The van der Waals surface area contributed by atoms with Gasteiger partial charge in [0.1, 0.15) is 0 Å². The monoisotopic (exact) mass is 392 g/mol. The van der Waals surface area contributed by atoms with Gasteiger partial charge in [-0.2, -0.15) is 0 Å². The molecule has 0 spiro atoms. The number of thioether (sulfide) groups is 1. The van der Waals surface area contributed by atoms with E-state index in [4.69, 9.17) is 0 Å². The molecule has 0 aliphatic rings. The van der Waals surface area contributed by atoms with Crippen LogP contribution < -0.4 is 10.6 Å². The van der Waals surface area contributed by atoms with Crippen molar-refractivity contribution in [3.8, 4) is 0 Å². The summed E-state index contributed by atoms with van der Waals surface area (Å²) in [6.07, 6.45) is 0. The number of anilines is 1. The Morgan fingerprint density at radius 1 is 1.04 bits per heavy atom. The lowest BCUT2D eigenvalue weighted by Crippen LogP contribution is -2.22. The second kappa shape index (κ2) is 8.17. The summed E-state index contributed by atoms with van der Waals surface area (Å²) in [5.41, 5.74) is 1.23. The molecule has 6 heteroatoms. The van der Waals surface area contributed by atoms with E-state index in [-0.39, 0.29) is 17.1 Å². The van der Waals surface area contributed by atoms with Gasteiger partial charge in [-0.15, -0.1) is 11.8 Å². The largest absolute Gasteiger partial charge is 0.355 e. The molecule has 0 heterocycles. The summed E-state index contributed by atoms with van der Waals surface area (Å²) in [5, 5.41) is 5.19. The highest BCUT2D eigenvalue weighted by Gasteiger charge is 2.14. The summed E-state index contributed by atoms with van der Waals surface area (Å²) in [6.45, 7) is 1.86. The predicted octanol–water partition coefficient (Wildman–Crippen LogP) is 3.93. The molecule has 0 aliphatic heterocycles. The van der Waals surface area contributed by atoms with E-state index in [0.717, 1.165) is 9.37 Å². The first kappa shape index (κ1) is 17.6. The van der Waals surface area contributed by atoms with Gasteiger partial charge in [-0.05, 0) is 55.5 Å². The number of hydrogen-bond acceptors (Lipinski definition) is 3. The minimum absolute atomic E-state index is 0.0781. The first-order valence-electron chi connectivity index (χ1n) is 7.05. The fourth-order valence-electron chi connectivity index (χ4n) is 1.86. The van der Waals surface area contributed by atoms with Crippen LogP contribution >= 0.6 is 27.7 Å². The summed E-state index contributed by atoms with van der Waals surface area (Å²) >= 11 is 4.88. The molecule has 0 bridgehead atoms. The number of rotatable bonds is 5. The van der Waals surface area contributed by atoms with E-state index in [0.29, 0.717) is 11.3 Å². The van der Waals surface area contributed by atoms with Crippen molar-refractivity contribution in [3.63, 3.8) is 0 Å². The van der Waals surface area contributed by atoms with Gasteiger partial charge in [-0.1, -0.05) is 15.9 Å². The molecule has 2 rings (SSSR count). The van der Waals surface area contributed by atoms with Crippen molar-refractivity contribution in [2.24, 2.45) is 0 Å². The van der Waals surface area contributed by atoms with Gasteiger partial charge in [0.15, 0.2) is 0 Å². The molecule has 0 aromatic heterocycles. The molecule has 2 aromatic rings. The van der Waals surface area contributed by atoms with Gasteiger partial charge in [0.25, 0.3) is 5.91 Å². The maximum Gasteiger partial charge on any atom is 0.251 e. The Bertz CT molecular complexity index is 687. The Morgan fingerprint density at radius 3 is 2.22 bits per heavy atom. The SMILES string of the molecule is CNC(=O)c1ccc(NC(=O)C(C)Sc2ccc(Br)cc2)cc1. The molecule has 0 fully saturated rings. The number of halogens is 1. The number of hydrogen-bond donors (Lipinski definition) is 2. The number of amides is 2. The molecule has 2 amide bonds. The smallest absolute Gasteiger partial charge is 0.251 e. The van der Waals surface area contributed by atoms with Gasteiger partial charge in [0.05, 0.1) is 5.25 Å². The summed E-state index contributed by atoms with van der Waals surface area (Å²) in [5.74, 6) is -0.229. The minimum Gasteiger partial charge on any atom is -0.355 e. The van der Waals surface area contributed by atoms with Crippen LogP contribution in [-0.4, -0.2) is 24.1 Å². The van der Waals surface area contributed by atoms with Crippen molar-refractivity contribution < 1.29 is 9.59 Å². The first-order valence-corrected chi connectivity index (χ1v) is 8.72.